The van der Waals surface area contributed by atoms with E-state index in [2.05, 4.69) is 26.6 Å². The van der Waals surface area contributed by atoms with Gasteiger partial charge in [0.15, 0.2) is 5.11 Å². The van der Waals surface area contributed by atoms with Crippen LogP contribution in [0.4, 0.5) is 4.39 Å². The van der Waals surface area contributed by atoms with Gasteiger partial charge < -0.3 is 5.32 Å². The maximum atomic E-state index is 13.5. The van der Waals surface area contributed by atoms with Crippen LogP contribution in [0.3, 0.4) is 0 Å². The molecule has 0 radical (unpaired) electrons. The van der Waals surface area contributed by atoms with Crippen molar-refractivity contribution in [2.24, 2.45) is 0 Å². The molecule has 1 saturated heterocycles. The number of hydrogen-bond acceptors (Lipinski definition) is 2. The molecule has 1 aliphatic heterocycles. The van der Waals surface area contributed by atoms with E-state index in [0.29, 0.717) is 10.0 Å². The van der Waals surface area contributed by atoms with Crippen LogP contribution in [-0.2, 0) is 4.79 Å². The third-order valence-electron chi connectivity index (χ3n) is 1.98. The van der Waals surface area contributed by atoms with Crippen LogP contribution in [0.2, 0.25) is 0 Å². The standard InChI is InChI=1S/C10H6BrFN2OS/c11-6-2-1-5(7(12)4-6)3-8-9(15)14-10(16)13-8/h1-4H,(H2,13,14,15,16)/b8-3-. The Balaban J connectivity index is 2.36. The first-order valence-electron chi connectivity index (χ1n) is 4.35. The van der Waals surface area contributed by atoms with Gasteiger partial charge in [0.2, 0.25) is 0 Å². The number of rotatable bonds is 1. The van der Waals surface area contributed by atoms with E-state index in [1.165, 1.54) is 12.1 Å². The zero-order valence-electron chi connectivity index (χ0n) is 7.88. The van der Waals surface area contributed by atoms with Crippen molar-refractivity contribution >= 4 is 45.2 Å². The molecule has 1 fully saturated rings. The molecule has 0 spiro atoms. The van der Waals surface area contributed by atoms with Gasteiger partial charge in [-0.15, -0.1) is 0 Å². The summed E-state index contributed by atoms with van der Waals surface area (Å²) in [6.07, 6.45) is 1.41. The summed E-state index contributed by atoms with van der Waals surface area (Å²) in [6, 6.07) is 4.60. The smallest absolute Gasteiger partial charge is 0.273 e. The average molecular weight is 301 g/mol. The molecular formula is C10H6BrFN2OS. The second-order valence-electron chi connectivity index (χ2n) is 3.13. The molecule has 0 unspecified atom stereocenters. The number of thiocarbonyl (C=S) groups is 1. The monoisotopic (exact) mass is 300 g/mol. The molecule has 1 aromatic rings. The quantitative estimate of drug-likeness (QED) is 0.615. The Bertz CT molecular complexity index is 516. The van der Waals surface area contributed by atoms with Crippen LogP contribution in [0.25, 0.3) is 6.08 Å². The van der Waals surface area contributed by atoms with E-state index >= 15 is 0 Å². The summed E-state index contributed by atoms with van der Waals surface area (Å²) in [7, 11) is 0. The number of halogens is 2. The molecule has 0 aliphatic carbocycles. The van der Waals surface area contributed by atoms with E-state index in [4.69, 9.17) is 12.2 Å². The lowest BCUT2D eigenvalue weighted by atomic mass is 10.2. The van der Waals surface area contributed by atoms with Crippen LogP contribution in [0.15, 0.2) is 28.4 Å². The topological polar surface area (TPSA) is 41.1 Å². The number of amides is 1. The summed E-state index contributed by atoms with van der Waals surface area (Å²) in [4.78, 5) is 11.3. The highest BCUT2D eigenvalue weighted by Crippen LogP contribution is 2.17. The molecule has 1 aromatic carbocycles. The zero-order valence-corrected chi connectivity index (χ0v) is 10.3. The maximum absolute atomic E-state index is 13.5. The van der Waals surface area contributed by atoms with Crippen molar-refractivity contribution in [1.82, 2.24) is 10.6 Å². The van der Waals surface area contributed by atoms with E-state index in [1.54, 1.807) is 12.1 Å². The van der Waals surface area contributed by atoms with Gasteiger partial charge in [0, 0.05) is 10.0 Å². The van der Waals surface area contributed by atoms with Crippen molar-refractivity contribution in [2.45, 2.75) is 0 Å². The SMILES string of the molecule is O=C1NC(=S)N/C1=C\c1ccc(Br)cc1F. The van der Waals surface area contributed by atoms with Crippen molar-refractivity contribution in [1.29, 1.82) is 0 Å². The first-order valence-corrected chi connectivity index (χ1v) is 5.55. The molecule has 2 rings (SSSR count). The van der Waals surface area contributed by atoms with Crippen molar-refractivity contribution in [2.75, 3.05) is 0 Å². The third kappa shape index (κ3) is 2.28. The van der Waals surface area contributed by atoms with Crippen LogP contribution in [0, 0.1) is 5.82 Å². The van der Waals surface area contributed by atoms with Crippen molar-refractivity contribution in [3.63, 3.8) is 0 Å². The van der Waals surface area contributed by atoms with Gasteiger partial charge in [-0.3, -0.25) is 10.1 Å². The van der Waals surface area contributed by atoms with Gasteiger partial charge in [-0.1, -0.05) is 22.0 Å². The van der Waals surface area contributed by atoms with Gasteiger partial charge in [-0.05, 0) is 30.4 Å². The van der Waals surface area contributed by atoms with Gasteiger partial charge >= 0.3 is 0 Å². The van der Waals surface area contributed by atoms with Crippen LogP contribution in [-0.4, -0.2) is 11.0 Å². The molecule has 1 amide bonds. The molecule has 6 heteroatoms. The van der Waals surface area contributed by atoms with Crippen LogP contribution >= 0.6 is 28.1 Å². The van der Waals surface area contributed by atoms with Gasteiger partial charge in [-0.25, -0.2) is 4.39 Å². The lowest BCUT2D eigenvalue weighted by Gasteiger charge is -1.99. The highest BCUT2D eigenvalue weighted by molar-refractivity contribution is 9.10. The molecule has 82 valence electrons. The molecule has 0 saturated carbocycles. The minimum Gasteiger partial charge on any atom is -0.328 e. The summed E-state index contributed by atoms with van der Waals surface area (Å²) < 4.78 is 14.1. The highest BCUT2D eigenvalue weighted by atomic mass is 79.9. The lowest BCUT2D eigenvalue weighted by Crippen LogP contribution is -2.21. The van der Waals surface area contributed by atoms with E-state index in [-0.39, 0.29) is 16.7 Å². The number of benzene rings is 1. The Hall–Kier alpha value is -1.27. The Morgan fingerprint density at radius 1 is 1.38 bits per heavy atom. The van der Waals surface area contributed by atoms with E-state index in [0.717, 1.165) is 0 Å². The maximum Gasteiger partial charge on any atom is 0.273 e. The Morgan fingerprint density at radius 2 is 2.12 bits per heavy atom. The average Bonchev–Trinajstić information content (AvgIpc) is 2.50. The fourth-order valence-electron chi connectivity index (χ4n) is 1.26. The van der Waals surface area contributed by atoms with Gasteiger partial charge in [-0.2, -0.15) is 0 Å². The van der Waals surface area contributed by atoms with Crippen molar-refractivity contribution in [3.05, 3.63) is 39.7 Å². The second kappa shape index (κ2) is 4.31. The number of carbonyl (C=O) groups excluding carboxylic acids is 1. The van der Waals surface area contributed by atoms with Crippen molar-refractivity contribution in [3.8, 4) is 0 Å². The fraction of sp³-hybridized carbons (Fsp3) is 0. The molecule has 1 heterocycles. The summed E-state index contributed by atoms with van der Waals surface area (Å²) in [5, 5.41) is 5.28. The van der Waals surface area contributed by atoms with E-state index in [1.807, 2.05) is 0 Å². The number of hydrogen-bond donors (Lipinski definition) is 2. The summed E-state index contributed by atoms with van der Waals surface area (Å²) in [5.41, 5.74) is 0.566. The minimum atomic E-state index is -0.408. The Labute approximate surface area is 105 Å². The largest absolute Gasteiger partial charge is 0.328 e. The zero-order chi connectivity index (χ0) is 11.7. The normalized spacial score (nSPS) is 17.5. The predicted molar refractivity (Wildman–Crippen MR) is 66.0 cm³/mol. The molecule has 16 heavy (non-hydrogen) atoms. The molecule has 2 N–H and O–H groups in total. The minimum absolute atomic E-state index is 0.230. The van der Waals surface area contributed by atoms with E-state index in [9.17, 15) is 9.18 Å². The third-order valence-corrected chi connectivity index (χ3v) is 2.68. The molecule has 0 bridgehead atoms. The summed E-state index contributed by atoms with van der Waals surface area (Å²) in [5.74, 6) is -0.762. The van der Waals surface area contributed by atoms with Crippen LogP contribution in [0.5, 0.6) is 0 Å². The first-order chi connectivity index (χ1) is 7.56. The van der Waals surface area contributed by atoms with Gasteiger partial charge in [0.05, 0.1) is 0 Å². The Kier molecular flexibility index (Phi) is 3.02. The van der Waals surface area contributed by atoms with E-state index < -0.39 is 5.82 Å². The lowest BCUT2D eigenvalue weighted by molar-refractivity contribution is -0.115. The van der Waals surface area contributed by atoms with Gasteiger partial charge in [0.1, 0.15) is 11.5 Å². The highest BCUT2D eigenvalue weighted by Gasteiger charge is 2.20. The second-order valence-corrected chi connectivity index (χ2v) is 4.46. The molecule has 1 aliphatic rings. The van der Waals surface area contributed by atoms with Crippen LogP contribution < -0.4 is 10.6 Å². The molecular weight excluding hydrogens is 295 g/mol. The first kappa shape index (κ1) is 11.2. The van der Waals surface area contributed by atoms with Crippen molar-refractivity contribution < 1.29 is 9.18 Å². The summed E-state index contributed by atoms with van der Waals surface area (Å²) >= 11 is 7.91. The summed E-state index contributed by atoms with van der Waals surface area (Å²) in [6.45, 7) is 0. The number of nitrogens with one attached hydrogen (secondary N) is 2. The molecule has 3 nitrogen and oxygen atoms in total. The van der Waals surface area contributed by atoms with Crippen LogP contribution in [0.1, 0.15) is 5.56 Å². The fourth-order valence-corrected chi connectivity index (χ4v) is 1.79. The molecule has 0 atom stereocenters. The molecule has 0 aromatic heterocycles. The Morgan fingerprint density at radius 3 is 2.69 bits per heavy atom. The predicted octanol–water partition coefficient (Wildman–Crippen LogP) is 1.93. The van der Waals surface area contributed by atoms with Gasteiger partial charge in [0.25, 0.3) is 5.91 Å². The number of carbonyl (C=O) groups is 1.